The van der Waals surface area contributed by atoms with Gasteiger partial charge in [0.05, 0.1) is 0 Å². The molecule has 0 unspecified atom stereocenters. The van der Waals surface area contributed by atoms with Gasteiger partial charge in [-0.2, -0.15) is 0 Å². The van der Waals surface area contributed by atoms with Crippen LogP contribution >= 0.6 is 0 Å². The van der Waals surface area contributed by atoms with Gasteiger partial charge in [0.2, 0.25) is 5.91 Å². The zero-order chi connectivity index (χ0) is 10.1. The van der Waals surface area contributed by atoms with Crippen molar-refractivity contribution in [3.05, 3.63) is 35.4 Å². The number of carbonyl (C=O) groups excluding carboxylic acids is 2. The Morgan fingerprint density at radius 1 is 1.29 bits per heavy atom. The van der Waals surface area contributed by atoms with Crippen molar-refractivity contribution >= 4 is 23.5 Å². The summed E-state index contributed by atoms with van der Waals surface area (Å²) in [6.07, 6.45) is 3.24. The standard InChI is InChI=1S/C11H9NO2/c1-7(13)12-10-4-2-3-9-8(10)5-6-11(9)14/h2-6H,1H3,(H,12,13). The highest BCUT2D eigenvalue weighted by molar-refractivity contribution is 6.15. The smallest absolute Gasteiger partial charge is 0.221 e. The number of fused-ring (bicyclic) bond motifs is 1. The second-order valence-corrected chi connectivity index (χ2v) is 3.15. The molecule has 14 heavy (non-hydrogen) atoms. The summed E-state index contributed by atoms with van der Waals surface area (Å²) in [6.45, 7) is 1.44. The maximum atomic E-state index is 11.3. The molecule has 1 aliphatic carbocycles. The summed E-state index contributed by atoms with van der Waals surface area (Å²) < 4.78 is 0. The van der Waals surface area contributed by atoms with E-state index < -0.39 is 0 Å². The third kappa shape index (κ3) is 1.33. The Balaban J connectivity index is 2.48. The van der Waals surface area contributed by atoms with Crippen LogP contribution in [0.25, 0.3) is 6.08 Å². The molecule has 0 saturated heterocycles. The van der Waals surface area contributed by atoms with Crippen LogP contribution in [-0.4, -0.2) is 11.7 Å². The van der Waals surface area contributed by atoms with E-state index in [2.05, 4.69) is 5.32 Å². The van der Waals surface area contributed by atoms with Crippen molar-refractivity contribution in [2.24, 2.45) is 0 Å². The van der Waals surface area contributed by atoms with Gasteiger partial charge in [0.15, 0.2) is 5.78 Å². The molecule has 1 N–H and O–H groups in total. The molecule has 0 radical (unpaired) electrons. The zero-order valence-electron chi connectivity index (χ0n) is 7.70. The average Bonchev–Trinajstić information content (AvgIpc) is 2.49. The Hall–Kier alpha value is -1.90. The summed E-state index contributed by atoms with van der Waals surface area (Å²) in [6, 6.07) is 5.29. The van der Waals surface area contributed by atoms with Crippen LogP contribution in [0.4, 0.5) is 5.69 Å². The van der Waals surface area contributed by atoms with Crippen LogP contribution in [-0.2, 0) is 4.79 Å². The second-order valence-electron chi connectivity index (χ2n) is 3.15. The number of benzene rings is 1. The van der Waals surface area contributed by atoms with E-state index in [0.717, 1.165) is 5.56 Å². The van der Waals surface area contributed by atoms with Gasteiger partial charge in [-0.15, -0.1) is 0 Å². The Morgan fingerprint density at radius 3 is 2.79 bits per heavy atom. The molecular weight excluding hydrogens is 178 g/mol. The first-order valence-electron chi connectivity index (χ1n) is 4.31. The number of carbonyl (C=O) groups is 2. The minimum absolute atomic E-state index is 0.00722. The summed E-state index contributed by atoms with van der Waals surface area (Å²) in [5.41, 5.74) is 2.14. The van der Waals surface area contributed by atoms with Crippen molar-refractivity contribution < 1.29 is 9.59 Å². The molecule has 0 atom stereocenters. The molecule has 0 aliphatic heterocycles. The van der Waals surface area contributed by atoms with Gasteiger partial charge in [-0.25, -0.2) is 0 Å². The first kappa shape index (κ1) is 8.69. The van der Waals surface area contributed by atoms with Crippen molar-refractivity contribution in [2.45, 2.75) is 6.92 Å². The third-order valence-electron chi connectivity index (χ3n) is 2.08. The lowest BCUT2D eigenvalue weighted by molar-refractivity contribution is -0.114. The lowest BCUT2D eigenvalue weighted by Gasteiger charge is -2.06. The number of rotatable bonds is 1. The van der Waals surface area contributed by atoms with E-state index >= 15 is 0 Å². The van der Waals surface area contributed by atoms with Crippen molar-refractivity contribution in [2.75, 3.05) is 5.32 Å². The molecule has 3 heteroatoms. The molecule has 1 aromatic rings. The summed E-state index contributed by atoms with van der Waals surface area (Å²) in [5.74, 6) is -0.140. The fraction of sp³-hybridized carbons (Fsp3) is 0.0909. The lowest BCUT2D eigenvalue weighted by atomic mass is 10.1. The molecular formula is C11H9NO2. The molecule has 70 valence electrons. The Kier molecular flexibility index (Phi) is 1.93. The summed E-state index contributed by atoms with van der Waals surface area (Å²) in [5, 5.41) is 2.68. The topological polar surface area (TPSA) is 46.2 Å². The van der Waals surface area contributed by atoms with Gasteiger partial charge in [-0.3, -0.25) is 9.59 Å². The lowest BCUT2D eigenvalue weighted by Crippen LogP contribution is -2.07. The predicted molar refractivity (Wildman–Crippen MR) is 54.1 cm³/mol. The molecule has 0 aromatic heterocycles. The van der Waals surface area contributed by atoms with Gasteiger partial charge in [0.25, 0.3) is 0 Å². The summed E-state index contributed by atoms with van der Waals surface area (Å²) >= 11 is 0. The van der Waals surface area contributed by atoms with Gasteiger partial charge in [0, 0.05) is 23.7 Å². The van der Waals surface area contributed by atoms with Gasteiger partial charge in [-0.05, 0) is 18.2 Å². The van der Waals surface area contributed by atoms with Gasteiger partial charge in [-0.1, -0.05) is 12.1 Å². The largest absolute Gasteiger partial charge is 0.326 e. The van der Waals surface area contributed by atoms with Crippen LogP contribution in [0.5, 0.6) is 0 Å². The molecule has 1 aromatic carbocycles. The highest BCUT2D eigenvalue weighted by Gasteiger charge is 2.16. The number of amides is 1. The number of ketones is 1. The number of nitrogens with one attached hydrogen (secondary N) is 1. The van der Waals surface area contributed by atoms with Crippen molar-refractivity contribution in [1.29, 1.82) is 0 Å². The first-order chi connectivity index (χ1) is 6.68. The van der Waals surface area contributed by atoms with Crippen LogP contribution in [0, 0.1) is 0 Å². The average molecular weight is 187 g/mol. The molecule has 0 spiro atoms. The molecule has 1 amide bonds. The number of hydrogen-bond donors (Lipinski definition) is 1. The van der Waals surface area contributed by atoms with E-state index in [9.17, 15) is 9.59 Å². The minimum Gasteiger partial charge on any atom is -0.326 e. The summed E-state index contributed by atoms with van der Waals surface area (Å²) in [4.78, 5) is 22.2. The van der Waals surface area contributed by atoms with E-state index in [1.807, 2.05) is 0 Å². The van der Waals surface area contributed by atoms with Gasteiger partial charge in [0.1, 0.15) is 0 Å². The maximum Gasteiger partial charge on any atom is 0.221 e. The van der Waals surface area contributed by atoms with Crippen molar-refractivity contribution in [1.82, 2.24) is 0 Å². The maximum absolute atomic E-state index is 11.3. The Labute approximate surface area is 81.4 Å². The Bertz CT molecular complexity index is 447. The second kappa shape index (κ2) is 3.10. The number of anilines is 1. The fourth-order valence-corrected chi connectivity index (χ4v) is 1.51. The molecule has 1 aliphatic rings. The van der Waals surface area contributed by atoms with Crippen molar-refractivity contribution in [3.8, 4) is 0 Å². The minimum atomic E-state index is -0.133. The normalized spacial score (nSPS) is 12.8. The third-order valence-corrected chi connectivity index (χ3v) is 2.08. The van der Waals surface area contributed by atoms with Crippen LogP contribution in [0.2, 0.25) is 0 Å². The van der Waals surface area contributed by atoms with Crippen molar-refractivity contribution in [3.63, 3.8) is 0 Å². The molecule has 0 fully saturated rings. The molecule has 3 nitrogen and oxygen atoms in total. The zero-order valence-corrected chi connectivity index (χ0v) is 7.70. The molecule has 2 rings (SSSR count). The first-order valence-corrected chi connectivity index (χ1v) is 4.31. The predicted octanol–water partition coefficient (Wildman–Crippen LogP) is 1.85. The summed E-state index contributed by atoms with van der Waals surface area (Å²) in [7, 11) is 0. The number of allylic oxidation sites excluding steroid dienone is 1. The number of hydrogen-bond acceptors (Lipinski definition) is 2. The van der Waals surface area contributed by atoms with E-state index in [4.69, 9.17) is 0 Å². The highest BCUT2D eigenvalue weighted by atomic mass is 16.1. The van der Waals surface area contributed by atoms with E-state index in [0.29, 0.717) is 11.3 Å². The highest BCUT2D eigenvalue weighted by Crippen LogP contribution is 2.26. The quantitative estimate of drug-likeness (QED) is 0.729. The van der Waals surface area contributed by atoms with Crippen LogP contribution in [0.1, 0.15) is 22.8 Å². The molecule has 0 saturated carbocycles. The van der Waals surface area contributed by atoms with Crippen LogP contribution < -0.4 is 5.32 Å². The molecule has 0 bridgehead atoms. The van der Waals surface area contributed by atoms with E-state index in [1.165, 1.54) is 13.0 Å². The van der Waals surface area contributed by atoms with Gasteiger partial charge >= 0.3 is 0 Å². The van der Waals surface area contributed by atoms with Crippen LogP contribution in [0.15, 0.2) is 24.3 Å². The monoisotopic (exact) mass is 187 g/mol. The Morgan fingerprint density at radius 2 is 2.07 bits per heavy atom. The van der Waals surface area contributed by atoms with Crippen LogP contribution in [0.3, 0.4) is 0 Å². The molecule has 0 heterocycles. The van der Waals surface area contributed by atoms with Gasteiger partial charge < -0.3 is 5.32 Å². The van der Waals surface area contributed by atoms with E-state index in [1.54, 1.807) is 24.3 Å². The fourth-order valence-electron chi connectivity index (χ4n) is 1.51. The SMILES string of the molecule is CC(=O)Nc1cccc2c1C=CC2=O. The van der Waals surface area contributed by atoms with E-state index in [-0.39, 0.29) is 11.7 Å².